The molecular weight excluding hydrogens is 220 g/mol. The molecule has 0 aliphatic carbocycles. The van der Waals surface area contributed by atoms with Crippen LogP contribution in [-0.2, 0) is 14.3 Å². The van der Waals surface area contributed by atoms with Crippen molar-refractivity contribution < 1.29 is 34.7 Å². The molecule has 1 heterocycles. The standard InChI is InChI=1S/C9H16O7/c1-3-5(10)7(6(11)9(14)16-3)15-4(2)8(12)13/h3-7,9-11,14H,1-2H3,(H,12,13)/t3-,4?,5-,6+,7+,9?/m0/s1. The molecule has 1 aliphatic rings. The van der Waals surface area contributed by atoms with Crippen molar-refractivity contribution in [2.75, 3.05) is 0 Å². The van der Waals surface area contributed by atoms with E-state index in [4.69, 9.17) is 14.6 Å². The number of rotatable bonds is 3. The average molecular weight is 236 g/mol. The summed E-state index contributed by atoms with van der Waals surface area (Å²) in [4.78, 5) is 10.6. The van der Waals surface area contributed by atoms with Crippen LogP contribution in [0.2, 0.25) is 0 Å². The van der Waals surface area contributed by atoms with Gasteiger partial charge in [-0.25, -0.2) is 4.79 Å². The first kappa shape index (κ1) is 13.3. The molecular formula is C9H16O7. The predicted molar refractivity (Wildman–Crippen MR) is 50.5 cm³/mol. The van der Waals surface area contributed by atoms with E-state index in [1.54, 1.807) is 0 Å². The molecule has 0 radical (unpaired) electrons. The highest BCUT2D eigenvalue weighted by atomic mass is 16.6. The lowest BCUT2D eigenvalue weighted by atomic mass is 9.99. The van der Waals surface area contributed by atoms with Gasteiger partial charge in [-0.05, 0) is 13.8 Å². The van der Waals surface area contributed by atoms with Crippen molar-refractivity contribution in [3.8, 4) is 0 Å². The Balaban J connectivity index is 2.70. The molecule has 0 saturated carbocycles. The van der Waals surface area contributed by atoms with E-state index in [0.717, 1.165) is 0 Å². The van der Waals surface area contributed by atoms with Crippen LogP contribution in [0.4, 0.5) is 0 Å². The lowest BCUT2D eigenvalue weighted by molar-refractivity contribution is -0.290. The molecule has 1 fully saturated rings. The van der Waals surface area contributed by atoms with E-state index in [1.165, 1.54) is 13.8 Å². The van der Waals surface area contributed by atoms with Crippen molar-refractivity contribution in [2.24, 2.45) is 0 Å². The summed E-state index contributed by atoms with van der Waals surface area (Å²) in [6, 6.07) is 0. The van der Waals surface area contributed by atoms with Gasteiger partial charge in [0.1, 0.15) is 18.3 Å². The second-order valence-corrected chi connectivity index (χ2v) is 3.79. The number of carbonyl (C=O) groups is 1. The highest BCUT2D eigenvalue weighted by Gasteiger charge is 2.44. The highest BCUT2D eigenvalue weighted by molar-refractivity contribution is 5.71. The minimum absolute atomic E-state index is 0.746. The largest absolute Gasteiger partial charge is 0.479 e. The number of aliphatic hydroxyl groups excluding tert-OH is 3. The van der Waals surface area contributed by atoms with Crippen LogP contribution in [0.5, 0.6) is 0 Å². The molecule has 2 unspecified atom stereocenters. The smallest absolute Gasteiger partial charge is 0.332 e. The zero-order chi connectivity index (χ0) is 12.5. The van der Waals surface area contributed by atoms with E-state index in [2.05, 4.69) is 0 Å². The summed E-state index contributed by atoms with van der Waals surface area (Å²) >= 11 is 0. The van der Waals surface area contributed by atoms with Crippen LogP contribution >= 0.6 is 0 Å². The maximum atomic E-state index is 10.6. The van der Waals surface area contributed by atoms with Gasteiger partial charge in [-0.1, -0.05) is 0 Å². The Morgan fingerprint density at radius 1 is 1.31 bits per heavy atom. The van der Waals surface area contributed by atoms with Crippen molar-refractivity contribution in [1.29, 1.82) is 0 Å². The summed E-state index contributed by atoms with van der Waals surface area (Å²) in [5.41, 5.74) is 0. The predicted octanol–water partition coefficient (Wildman–Crippen LogP) is -1.70. The first-order valence-electron chi connectivity index (χ1n) is 4.92. The number of aliphatic hydroxyl groups is 3. The lowest BCUT2D eigenvalue weighted by Gasteiger charge is -2.39. The van der Waals surface area contributed by atoms with Crippen molar-refractivity contribution in [2.45, 2.75) is 50.7 Å². The second kappa shape index (κ2) is 5.07. The maximum absolute atomic E-state index is 10.6. The van der Waals surface area contributed by atoms with Gasteiger partial charge in [0.05, 0.1) is 6.10 Å². The normalized spacial score (nSPS) is 41.7. The third kappa shape index (κ3) is 2.69. The highest BCUT2D eigenvalue weighted by Crippen LogP contribution is 2.23. The van der Waals surface area contributed by atoms with Crippen LogP contribution < -0.4 is 0 Å². The topological polar surface area (TPSA) is 116 Å². The molecule has 0 bridgehead atoms. The van der Waals surface area contributed by atoms with E-state index in [9.17, 15) is 20.1 Å². The fourth-order valence-corrected chi connectivity index (χ4v) is 1.47. The van der Waals surface area contributed by atoms with Gasteiger partial charge in [-0.15, -0.1) is 0 Å². The zero-order valence-corrected chi connectivity index (χ0v) is 8.98. The van der Waals surface area contributed by atoms with Gasteiger partial charge in [0.15, 0.2) is 12.4 Å². The third-order valence-corrected chi connectivity index (χ3v) is 2.51. The molecule has 0 aromatic heterocycles. The molecule has 1 rings (SSSR count). The number of carboxylic acid groups (broad SMARTS) is 1. The fraction of sp³-hybridized carbons (Fsp3) is 0.889. The number of ether oxygens (including phenoxy) is 2. The number of carboxylic acids is 1. The maximum Gasteiger partial charge on any atom is 0.332 e. The van der Waals surface area contributed by atoms with Gasteiger partial charge >= 0.3 is 5.97 Å². The van der Waals surface area contributed by atoms with E-state index < -0.39 is 42.8 Å². The Hall–Kier alpha value is -0.730. The van der Waals surface area contributed by atoms with Crippen LogP contribution in [0.1, 0.15) is 13.8 Å². The Morgan fingerprint density at radius 2 is 1.88 bits per heavy atom. The van der Waals surface area contributed by atoms with Crippen molar-refractivity contribution in [1.82, 2.24) is 0 Å². The van der Waals surface area contributed by atoms with Gasteiger partial charge in [0.2, 0.25) is 0 Å². The van der Waals surface area contributed by atoms with Crippen molar-refractivity contribution in [3.05, 3.63) is 0 Å². The molecule has 0 amide bonds. The van der Waals surface area contributed by atoms with Gasteiger partial charge in [-0.3, -0.25) is 0 Å². The van der Waals surface area contributed by atoms with E-state index in [0.29, 0.717) is 0 Å². The first-order chi connectivity index (χ1) is 7.34. The number of hydrogen-bond donors (Lipinski definition) is 4. The summed E-state index contributed by atoms with van der Waals surface area (Å²) in [5.74, 6) is -1.21. The summed E-state index contributed by atoms with van der Waals surface area (Å²) < 4.78 is 9.79. The fourth-order valence-electron chi connectivity index (χ4n) is 1.47. The Bertz CT molecular complexity index is 242. The molecule has 7 nitrogen and oxygen atoms in total. The van der Waals surface area contributed by atoms with Crippen molar-refractivity contribution >= 4 is 5.97 Å². The minimum Gasteiger partial charge on any atom is -0.479 e. The zero-order valence-electron chi connectivity index (χ0n) is 8.98. The van der Waals surface area contributed by atoms with Crippen molar-refractivity contribution in [3.63, 3.8) is 0 Å². The first-order valence-corrected chi connectivity index (χ1v) is 4.92. The number of hydrogen-bond acceptors (Lipinski definition) is 6. The molecule has 7 heteroatoms. The van der Waals surface area contributed by atoms with E-state index in [-0.39, 0.29) is 0 Å². The van der Waals surface area contributed by atoms with Gasteiger partial charge < -0.3 is 29.9 Å². The molecule has 16 heavy (non-hydrogen) atoms. The number of aliphatic carboxylic acids is 1. The van der Waals surface area contributed by atoms with E-state index >= 15 is 0 Å². The van der Waals surface area contributed by atoms with Gasteiger partial charge in [0.25, 0.3) is 0 Å². The summed E-state index contributed by atoms with van der Waals surface area (Å²) in [7, 11) is 0. The van der Waals surface area contributed by atoms with Gasteiger partial charge in [-0.2, -0.15) is 0 Å². The summed E-state index contributed by atoms with van der Waals surface area (Å²) in [5, 5.41) is 37.1. The molecule has 0 spiro atoms. The van der Waals surface area contributed by atoms with Crippen LogP contribution in [0.25, 0.3) is 0 Å². The average Bonchev–Trinajstić information content (AvgIpc) is 2.21. The molecule has 1 aliphatic heterocycles. The minimum atomic E-state index is -1.50. The SMILES string of the molecule is CC(O[C@@H]1[C@@H](O)[C@H](C)OC(O)[C@@H]1O)C(=O)O. The monoisotopic (exact) mass is 236 g/mol. The molecule has 1 saturated heterocycles. The quantitative estimate of drug-likeness (QED) is 0.461. The Morgan fingerprint density at radius 3 is 2.38 bits per heavy atom. The molecule has 0 aromatic rings. The lowest BCUT2D eigenvalue weighted by Crippen LogP contribution is -2.58. The summed E-state index contributed by atoms with van der Waals surface area (Å²) in [6.07, 6.45) is -7.29. The van der Waals surface area contributed by atoms with Crippen LogP contribution in [0, 0.1) is 0 Å². The van der Waals surface area contributed by atoms with E-state index in [1.807, 2.05) is 0 Å². The molecule has 0 aromatic carbocycles. The van der Waals surface area contributed by atoms with Gasteiger partial charge in [0, 0.05) is 0 Å². The van der Waals surface area contributed by atoms with Crippen LogP contribution in [-0.4, -0.2) is 63.2 Å². The summed E-state index contributed by atoms with van der Waals surface area (Å²) in [6.45, 7) is 2.76. The van der Waals surface area contributed by atoms with Crippen LogP contribution in [0.3, 0.4) is 0 Å². The second-order valence-electron chi connectivity index (χ2n) is 3.79. The third-order valence-electron chi connectivity index (χ3n) is 2.51. The molecule has 94 valence electrons. The Labute approximate surface area is 92.2 Å². The molecule has 6 atom stereocenters. The van der Waals surface area contributed by atoms with Crippen LogP contribution in [0.15, 0.2) is 0 Å². The molecule has 4 N–H and O–H groups in total. The Kier molecular flexibility index (Phi) is 4.22.